The molecule has 0 aliphatic heterocycles. The van der Waals surface area contributed by atoms with Gasteiger partial charge in [0.1, 0.15) is 0 Å². The van der Waals surface area contributed by atoms with Gasteiger partial charge < -0.3 is 0 Å². The average Bonchev–Trinajstić information content (AvgIpc) is 3.47. The molecule has 11 rings (SSSR count). The second-order valence-corrected chi connectivity index (χ2v) is 15.9. The largest absolute Gasteiger partial charge is 0.0836 e. The molecular weight excluding hydrogens is 661 g/mol. The van der Waals surface area contributed by atoms with Crippen LogP contribution in [0.25, 0.3) is 93.2 Å². The first kappa shape index (κ1) is 32.0. The van der Waals surface area contributed by atoms with E-state index in [4.69, 9.17) is 0 Å². The van der Waals surface area contributed by atoms with Crippen LogP contribution in [0.3, 0.4) is 0 Å². The Morgan fingerprint density at radius 3 is 1.89 bits per heavy atom. The Kier molecular flexibility index (Phi) is 7.13. The van der Waals surface area contributed by atoms with Crippen LogP contribution < -0.4 is 0 Å². The monoisotopic (exact) mass is 700 g/mol. The van der Waals surface area contributed by atoms with E-state index in [0.29, 0.717) is 0 Å². The minimum Gasteiger partial charge on any atom is -0.0836 e. The van der Waals surface area contributed by atoms with E-state index in [1.54, 1.807) is 0 Å². The third-order valence-corrected chi connectivity index (χ3v) is 12.5. The zero-order chi connectivity index (χ0) is 36.7. The van der Waals surface area contributed by atoms with Crippen LogP contribution in [0.15, 0.2) is 182 Å². The highest BCUT2D eigenvalue weighted by Crippen LogP contribution is 2.54. The number of hydrogen-bond acceptors (Lipinski definition) is 0. The summed E-state index contributed by atoms with van der Waals surface area (Å²) >= 11 is 0. The fourth-order valence-corrected chi connectivity index (χ4v) is 9.76. The van der Waals surface area contributed by atoms with Crippen molar-refractivity contribution in [3.8, 4) is 44.5 Å². The smallest absolute Gasteiger partial charge is 0.0159 e. The van der Waals surface area contributed by atoms with Crippen molar-refractivity contribution in [1.29, 1.82) is 0 Å². The molecule has 0 saturated carbocycles. The Hall–Kier alpha value is -6.50. The van der Waals surface area contributed by atoms with E-state index in [1.165, 1.54) is 110 Å². The molecule has 0 heteroatoms. The predicted molar refractivity (Wildman–Crippen MR) is 237 cm³/mol. The molecule has 0 spiro atoms. The molecule has 55 heavy (non-hydrogen) atoms. The van der Waals surface area contributed by atoms with Gasteiger partial charge in [0.25, 0.3) is 0 Å². The zero-order valence-corrected chi connectivity index (χ0v) is 31.2. The van der Waals surface area contributed by atoms with Gasteiger partial charge in [0, 0.05) is 5.41 Å². The second-order valence-electron chi connectivity index (χ2n) is 15.9. The van der Waals surface area contributed by atoms with E-state index in [2.05, 4.69) is 196 Å². The van der Waals surface area contributed by atoms with Gasteiger partial charge in [-0.3, -0.25) is 0 Å². The Morgan fingerprint density at radius 2 is 1.05 bits per heavy atom. The van der Waals surface area contributed by atoms with Gasteiger partial charge in [-0.25, -0.2) is 0 Å². The van der Waals surface area contributed by atoms with E-state index in [9.17, 15) is 0 Å². The topological polar surface area (TPSA) is 0 Å². The first-order chi connectivity index (χ1) is 27.0. The molecule has 0 amide bonds. The van der Waals surface area contributed by atoms with Crippen LogP contribution in [0.2, 0.25) is 0 Å². The van der Waals surface area contributed by atoms with Crippen LogP contribution >= 0.6 is 0 Å². The van der Waals surface area contributed by atoms with Gasteiger partial charge in [0.05, 0.1) is 0 Å². The number of rotatable bonds is 4. The molecule has 0 aromatic heterocycles. The van der Waals surface area contributed by atoms with E-state index in [-0.39, 0.29) is 5.41 Å². The van der Waals surface area contributed by atoms with Gasteiger partial charge in [0.15, 0.2) is 0 Å². The van der Waals surface area contributed by atoms with Crippen molar-refractivity contribution in [3.05, 3.63) is 199 Å². The van der Waals surface area contributed by atoms with Crippen LogP contribution in [0, 0.1) is 0 Å². The summed E-state index contributed by atoms with van der Waals surface area (Å²) in [6.45, 7) is 4.79. The van der Waals surface area contributed by atoms with Gasteiger partial charge >= 0.3 is 0 Å². The van der Waals surface area contributed by atoms with E-state index in [1.807, 2.05) is 0 Å². The number of allylic oxidation sites excluding steroid dienone is 4. The fraction of sp³-hybridized carbons (Fsp3) is 0.0909. The lowest BCUT2D eigenvalue weighted by atomic mass is 9.78. The van der Waals surface area contributed by atoms with Gasteiger partial charge in [-0.05, 0) is 147 Å². The van der Waals surface area contributed by atoms with Crippen molar-refractivity contribution in [2.75, 3.05) is 0 Å². The number of fused-ring (bicyclic) bond motifs is 7. The molecule has 0 fully saturated rings. The Balaban J connectivity index is 1.30. The van der Waals surface area contributed by atoms with Crippen LogP contribution in [-0.2, 0) is 5.41 Å². The summed E-state index contributed by atoms with van der Waals surface area (Å²) in [5.41, 5.74) is 15.6. The maximum atomic E-state index is 2.55. The summed E-state index contributed by atoms with van der Waals surface area (Å²) in [6, 6.07) is 61.8. The summed E-state index contributed by atoms with van der Waals surface area (Å²) < 4.78 is 0. The second kappa shape index (κ2) is 12.3. The zero-order valence-electron chi connectivity index (χ0n) is 31.2. The molecule has 0 atom stereocenters. The highest BCUT2D eigenvalue weighted by Gasteiger charge is 2.36. The first-order valence-corrected chi connectivity index (χ1v) is 19.7. The Morgan fingerprint density at radius 1 is 0.382 bits per heavy atom. The normalized spacial score (nSPS) is 14.4. The van der Waals surface area contributed by atoms with Crippen molar-refractivity contribution in [2.24, 2.45) is 0 Å². The average molecular weight is 701 g/mol. The molecule has 0 bridgehead atoms. The highest BCUT2D eigenvalue weighted by atomic mass is 14.4. The standard InChI is InChI=1S/C55H40/c1-55(2)51-24-14-13-23-44(51)47-33-49-50(34-52(47)55)53(37-18-7-4-8-19-37)48-32-40(39-26-25-35-15-9-10-20-38(35)31-39)27-28-46(48)54(49)45-30-29-41(36-16-5-3-6-17-36)42-21-11-12-22-43(42)45/h4-5,7-34H,3,6H2,1-2H3. The SMILES string of the molecule is CC1(C)c2ccccc2-c2cc3c(-c4ccc(C5=CCCC=C5)c5ccccc45)c4ccc(-c5ccc6ccccc6c5)cc4c(-c4ccccc4)c3cc21. The number of hydrogen-bond donors (Lipinski definition) is 0. The minimum absolute atomic E-state index is 0.119. The molecule has 0 N–H and O–H groups in total. The van der Waals surface area contributed by atoms with Gasteiger partial charge in [0.2, 0.25) is 0 Å². The van der Waals surface area contributed by atoms with E-state index in [0.717, 1.165) is 12.8 Å². The quantitative estimate of drug-likeness (QED) is 0.160. The molecule has 9 aromatic rings. The lowest BCUT2D eigenvalue weighted by molar-refractivity contribution is 0.661. The molecule has 260 valence electrons. The maximum absolute atomic E-state index is 2.55. The molecule has 0 unspecified atom stereocenters. The molecule has 2 aliphatic carbocycles. The molecule has 0 nitrogen and oxygen atoms in total. The van der Waals surface area contributed by atoms with Crippen molar-refractivity contribution in [2.45, 2.75) is 32.1 Å². The lowest BCUT2D eigenvalue weighted by Crippen LogP contribution is -2.14. The van der Waals surface area contributed by atoms with Crippen molar-refractivity contribution < 1.29 is 0 Å². The fourth-order valence-electron chi connectivity index (χ4n) is 9.76. The molecular formula is C55H40. The molecule has 0 radical (unpaired) electrons. The number of benzene rings is 9. The van der Waals surface area contributed by atoms with Crippen LogP contribution in [-0.4, -0.2) is 0 Å². The van der Waals surface area contributed by atoms with Gasteiger partial charge in [-0.1, -0.05) is 172 Å². The first-order valence-electron chi connectivity index (χ1n) is 19.7. The van der Waals surface area contributed by atoms with Crippen molar-refractivity contribution in [3.63, 3.8) is 0 Å². The predicted octanol–water partition coefficient (Wildman–Crippen LogP) is 15.3. The highest BCUT2D eigenvalue weighted by molar-refractivity contribution is 6.25. The third-order valence-electron chi connectivity index (χ3n) is 12.5. The molecule has 0 saturated heterocycles. The maximum Gasteiger partial charge on any atom is 0.0159 e. The summed E-state index contributed by atoms with van der Waals surface area (Å²) in [4.78, 5) is 0. The summed E-state index contributed by atoms with van der Waals surface area (Å²) in [5.74, 6) is 0. The molecule has 0 heterocycles. The molecule has 2 aliphatic rings. The Bertz CT molecular complexity index is 3100. The summed E-state index contributed by atoms with van der Waals surface area (Å²) in [5, 5.41) is 10.3. The third kappa shape index (κ3) is 4.91. The summed E-state index contributed by atoms with van der Waals surface area (Å²) in [7, 11) is 0. The van der Waals surface area contributed by atoms with Gasteiger partial charge in [-0.2, -0.15) is 0 Å². The Labute approximate surface area is 322 Å². The lowest BCUT2D eigenvalue weighted by Gasteiger charge is -2.24. The van der Waals surface area contributed by atoms with Crippen molar-refractivity contribution in [1.82, 2.24) is 0 Å². The summed E-state index contributed by atoms with van der Waals surface area (Å²) in [6.07, 6.45) is 9.21. The minimum atomic E-state index is -0.119. The van der Waals surface area contributed by atoms with E-state index >= 15 is 0 Å². The molecule has 9 aromatic carbocycles. The van der Waals surface area contributed by atoms with Crippen LogP contribution in [0.1, 0.15) is 43.4 Å². The van der Waals surface area contributed by atoms with Crippen molar-refractivity contribution >= 4 is 48.7 Å². The van der Waals surface area contributed by atoms with E-state index < -0.39 is 0 Å². The van der Waals surface area contributed by atoms with Crippen LogP contribution in [0.5, 0.6) is 0 Å². The van der Waals surface area contributed by atoms with Gasteiger partial charge in [-0.15, -0.1) is 0 Å². The van der Waals surface area contributed by atoms with Crippen LogP contribution in [0.4, 0.5) is 0 Å².